The van der Waals surface area contributed by atoms with Gasteiger partial charge in [0.1, 0.15) is 5.75 Å². The minimum atomic E-state index is 0.794. The number of unbranched alkanes of at least 4 members (excludes halogenated alkanes) is 1. The Labute approximate surface area is 99.0 Å². The third-order valence-corrected chi connectivity index (χ3v) is 2.46. The first-order valence-corrected chi connectivity index (χ1v) is 6.23. The van der Waals surface area contributed by atoms with Crippen molar-refractivity contribution in [3.8, 4) is 5.75 Å². The molecule has 1 rings (SSSR count). The minimum absolute atomic E-state index is 0.794. The van der Waals surface area contributed by atoms with E-state index in [4.69, 9.17) is 4.74 Å². The molecule has 0 heterocycles. The highest BCUT2D eigenvalue weighted by Gasteiger charge is 1.93. The van der Waals surface area contributed by atoms with Gasteiger partial charge in [-0.15, -0.1) is 0 Å². The Balaban J connectivity index is 2.03. The first-order chi connectivity index (χ1) is 7.83. The van der Waals surface area contributed by atoms with Crippen molar-refractivity contribution in [3.05, 3.63) is 29.8 Å². The Morgan fingerprint density at radius 3 is 2.75 bits per heavy atom. The largest absolute Gasteiger partial charge is 0.494 e. The highest BCUT2D eigenvalue weighted by molar-refractivity contribution is 5.27. The lowest BCUT2D eigenvalue weighted by atomic mass is 10.2. The van der Waals surface area contributed by atoms with E-state index in [0.29, 0.717) is 0 Å². The van der Waals surface area contributed by atoms with Crippen LogP contribution in [0.1, 0.15) is 31.7 Å². The van der Waals surface area contributed by atoms with Crippen LogP contribution in [0.25, 0.3) is 0 Å². The van der Waals surface area contributed by atoms with E-state index in [1.807, 2.05) is 12.1 Å². The van der Waals surface area contributed by atoms with E-state index in [-0.39, 0.29) is 0 Å². The molecule has 0 saturated heterocycles. The molecule has 0 amide bonds. The molecule has 0 unspecified atom stereocenters. The molecule has 16 heavy (non-hydrogen) atoms. The summed E-state index contributed by atoms with van der Waals surface area (Å²) in [5, 5.41) is 3.40. The van der Waals surface area contributed by atoms with E-state index in [1.165, 1.54) is 18.4 Å². The SMILES string of the molecule is CCCCNCCCOc1cccc(C)c1. The smallest absolute Gasteiger partial charge is 0.119 e. The lowest BCUT2D eigenvalue weighted by Crippen LogP contribution is -2.18. The van der Waals surface area contributed by atoms with Crippen LogP contribution in [0.2, 0.25) is 0 Å². The van der Waals surface area contributed by atoms with Crippen LogP contribution in [0.5, 0.6) is 5.75 Å². The zero-order valence-electron chi connectivity index (χ0n) is 10.5. The predicted octanol–water partition coefficient (Wildman–Crippen LogP) is 3.15. The molecule has 2 heteroatoms. The molecular formula is C14H23NO. The summed E-state index contributed by atoms with van der Waals surface area (Å²) in [6.07, 6.45) is 3.59. The lowest BCUT2D eigenvalue weighted by molar-refractivity contribution is 0.308. The molecule has 0 radical (unpaired) electrons. The normalized spacial score (nSPS) is 10.4. The summed E-state index contributed by atoms with van der Waals surface area (Å²) in [5.41, 5.74) is 1.25. The first-order valence-electron chi connectivity index (χ1n) is 6.23. The molecule has 0 saturated carbocycles. The second kappa shape index (κ2) is 8.17. The van der Waals surface area contributed by atoms with Gasteiger partial charge in [-0.2, -0.15) is 0 Å². The molecule has 1 aromatic carbocycles. The Bertz CT molecular complexity index is 286. The van der Waals surface area contributed by atoms with Gasteiger partial charge in [-0.05, 0) is 50.6 Å². The summed E-state index contributed by atoms with van der Waals surface area (Å²) < 4.78 is 5.65. The molecule has 0 bridgehead atoms. The number of rotatable bonds is 8. The monoisotopic (exact) mass is 221 g/mol. The molecule has 0 fully saturated rings. The molecule has 90 valence electrons. The fourth-order valence-corrected chi connectivity index (χ4v) is 1.52. The third-order valence-electron chi connectivity index (χ3n) is 2.46. The van der Waals surface area contributed by atoms with Crippen molar-refractivity contribution < 1.29 is 4.74 Å². The molecular weight excluding hydrogens is 198 g/mol. The number of ether oxygens (including phenoxy) is 1. The topological polar surface area (TPSA) is 21.3 Å². The number of benzene rings is 1. The Morgan fingerprint density at radius 1 is 1.19 bits per heavy atom. The van der Waals surface area contributed by atoms with Crippen LogP contribution in [-0.2, 0) is 0 Å². The molecule has 0 aliphatic rings. The van der Waals surface area contributed by atoms with Crippen molar-refractivity contribution in [2.75, 3.05) is 19.7 Å². The highest BCUT2D eigenvalue weighted by atomic mass is 16.5. The zero-order chi connectivity index (χ0) is 11.6. The maximum Gasteiger partial charge on any atom is 0.119 e. The Kier molecular flexibility index (Phi) is 6.66. The van der Waals surface area contributed by atoms with Gasteiger partial charge in [0.2, 0.25) is 0 Å². The van der Waals surface area contributed by atoms with Crippen LogP contribution in [-0.4, -0.2) is 19.7 Å². The highest BCUT2D eigenvalue weighted by Crippen LogP contribution is 2.12. The zero-order valence-corrected chi connectivity index (χ0v) is 10.5. The van der Waals surface area contributed by atoms with Crippen LogP contribution in [0.3, 0.4) is 0 Å². The molecule has 2 nitrogen and oxygen atoms in total. The molecule has 0 spiro atoms. The van der Waals surface area contributed by atoms with Crippen LogP contribution in [0.15, 0.2) is 24.3 Å². The van der Waals surface area contributed by atoms with E-state index < -0.39 is 0 Å². The van der Waals surface area contributed by atoms with Gasteiger partial charge in [0.15, 0.2) is 0 Å². The standard InChI is InChI=1S/C14H23NO/c1-3-4-9-15-10-6-11-16-14-8-5-7-13(2)12-14/h5,7-8,12,15H,3-4,6,9-11H2,1-2H3. The number of hydrogen-bond acceptors (Lipinski definition) is 2. The summed E-state index contributed by atoms with van der Waals surface area (Å²) >= 11 is 0. The molecule has 1 aromatic rings. The van der Waals surface area contributed by atoms with Crippen LogP contribution < -0.4 is 10.1 Å². The number of nitrogens with one attached hydrogen (secondary N) is 1. The van der Waals surface area contributed by atoms with E-state index in [9.17, 15) is 0 Å². The average Bonchev–Trinajstić information content (AvgIpc) is 2.28. The second-order valence-corrected chi connectivity index (χ2v) is 4.12. The minimum Gasteiger partial charge on any atom is -0.494 e. The van der Waals surface area contributed by atoms with Gasteiger partial charge < -0.3 is 10.1 Å². The van der Waals surface area contributed by atoms with Crippen molar-refractivity contribution >= 4 is 0 Å². The fourth-order valence-electron chi connectivity index (χ4n) is 1.52. The van der Waals surface area contributed by atoms with Crippen molar-refractivity contribution in [2.24, 2.45) is 0 Å². The second-order valence-electron chi connectivity index (χ2n) is 4.12. The average molecular weight is 221 g/mol. The van der Waals surface area contributed by atoms with Crippen LogP contribution >= 0.6 is 0 Å². The van der Waals surface area contributed by atoms with Gasteiger partial charge in [0, 0.05) is 0 Å². The summed E-state index contributed by atoms with van der Waals surface area (Å²) in [4.78, 5) is 0. The van der Waals surface area contributed by atoms with Gasteiger partial charge in [-0.3, -0.25) is 0 Å². The van der Waals surface area contributed by atoms with E-state index >= 15 is 0 Å². The predicted molar refractivity (Wildman–Crippen MR) is 69.1 cm³/mol. The van der Waals surface area contributed by atoms with Gasteiger partial charge in [-0.1, -0.05) is 25.5 Å². The van der Waals surface area contributed by atoms with E-state index in [2.05, 4.69) is 31.3 Å². The quantitative estimate of drug-likeness (QED) is 0.681. The number of aryl methyl sites for hydroxylation is 1. The number of hydrogen-bond donors (Lipinski definition) is 1. The maximum absolute atomic E-state index is 5.65. The van der Waals surface area contributed by atoms with Crippen molar-refractivity contribution in [3.63, 3.8) is 0 Å². The van der Waals surface area contributed by atoms with Gasteiger partial charge in [-0.25, -0.2) is 0 Å². The first kappa shape index (κ1) is 13.0. The lowest BCUT2D eigenvalue weighted by Gasteiger charge is -2.07. The maximum atomic E-state index is 5.65. The van der Waals surface area contributed by atoms with Crippen molar-refractivity contribution in [1.29, 1.82) is 0 Å². The third kappa shape index (κ3) is 5.76. The van der Waals surface area contributed by atoms with Crippen LogP contribution in [0.4, 0.5) is 0 Å². The Morgan fingerprint density at radius 2 is 2.00 bits per heavy atom. The molecule has 0 atom stereocenters. The van der Waals surface area contributed by atoms with E-state index in [1.54, 1.807) is 0 Å². The summed E-state index contributed by atoms with van der Waals surface area (Å²) in [6.45, 7) is 7.26. The van der Waals surface area contributed by atoms with Gasteiger partial charge >= 0.3 is 0 Å². The van der Waals surface area contributed by atoms with E-state index in [0.717, 1.165) is 31.9 Å². The molecule has 1 N–H and O–H groups in total. The molecule has 0 aromatic heterocycles. The summed E-state index contributed by atoms with van der Waals surface area (Å²) in [7, 11) is 0. The van der Waals surface area contributed by atoms with Crippen molar-refractivity contribution in [2.45, 2.75) is 33.1 Å². The van der Waals surface area contributed by atoms with Gasteiger partial charge in [0.05, 0.1) is 6.61 Å². The summed E-state index contributed by atoms with van der Waals surface area (Å²) in [6, 6.07) is 8.20. The fraction of sp³-hybridized carbons (Fsp3) is 0.571. The van der Waals surface area contributed by atoms with Crippen LogP contribution in [0, 0.1) is 6.92 Å². The van der Waals surface area contributed by atoms with Gasteiger partial charge in [0.25, 0.3) is 0 Å². The Hall–Kier alpha value is -1.02. The van der Waals surface area contributed by atoms with Crippen molar-refractivity contribution in [1.82, 2.24) is 5.32 Å². The summed E-state index contributed by atoms with van der Waals surface area (Å²) in [5.74, 6) is 0.980. The molecule has 0 aliphatic heterocycles. The molecule has 0 aliphatic carbocycles.